The smallest absolute Gasteiger partial charge is 0.338 e. The van der Waals surface area contributed by atoms with Crippen molar-refractivity contribution in [1.29, 1.82) is 0 Å². The van der Waals surface area contributed by atoms with Crippen molar-refractivity contribution in [1.82, 2.24) is 0 Å². The van der Waals surface area contributed by atoms with Crippen molar-refractivity contribution in [3.8, 4) is 0 Å². The minimum Gasteiger partial charge on any atom is -0.462 e. The van der Waals surface area contributed by atoms with E-state index in [9.17, 15) is 14.4 Å². The Balaban J connectivity index is 1.64. The molecule has 1 aliphatic rings. The maximum Gasteiger partial charge on any atom is 0.338 e. The molecule has 1 heterocycles. The summed E-state index contributed by atoms with van der Waals surface area (Å²) in [5, 5.41) is 3.77. The number of carbonyl (C=O) groups excluding carboxylic acids is 3. The van der Waals surface area contributed by atoms with Gasteiger partial charge in [0.15, 0.2) is 0 Å². The van der Waals surface area contributed by atoms with Crippen LogP contribution in [0.25, 0.3) is 0 Å². The van der Waals surface area contributed by atoms with Gasteiger partial charge >= 0.3 is 5.97 Å². The molecule has 1 aliphatic heterocycles. The third-order valence-corrected chi connectivity index (χ3v) is 7.00. The average Bonchev–Trinajstić information content (AvgIpc) is 3.09. The largest absolute Gasteiger partial charge is 0.462 e. The fraction of sp³-hybridized carbons (Fsp3) is 0.207. The highest BCUT2D eigenvalue weighted by Crippen LogP contribution is 2.38. The molecule has 8 heteroatoms. The van der Waals surface area contributed by atoms with Gasteiger partial charge in [0.25, 0.3) is 11.8 Å². The van der Waals surface area contributed by atoms with Gasteiger partial charge in [-0.15, -0.1) is 0 Å². The van der Waals surface area contributed by atoms with Crippen molar-refractivity contribution in [2.75, 3.05) is 16.8 Å². The van der Waals surface area contributed by atoms with Crippen molar-refractivity contribution < 1.29 is 19.1 Å². The van der Waals surface area contributed by atoms with Crippen LogP contribution < -0.4 is 10.2 Å². The van der Waals surface area contributed by atoms with E-state index in [1.165, 1.54) is 11.8 Å². The zero-order chi connectivity index (χ0) is 26.5. The first-order valence-corrected chi connectivity index (χ1v) is 13.1. The van der Waals surface area contributed by atoms with Crippen LogP contribution in [0.3, 0.4) is 0 Å². The standard InChI is InChI=1S/C29H27ClN2O4S/c1-4-5-14-36-29(35)20-6-10-23(11-7-20)32-27(33)25(31-22-16-18(2)15-19(3)17-22)26(28(32)34)37-24-12-8-21(30)9-13-24/h6-13,15-17,31H,4-5,14H2,1-3H3. The number of hydrogen-bond donors (Lipinski definition) is 1. The summed E-state index contributed by atoms with van der Waals surface area (Å²) in [6.45, 7) is 6.31. The Kier molecular flexibility index (Phi) is 8.36. The molecule has 0 aromatic heterocycles. The van der Waals surface area contributed by atoms with Crippen LogP contribution in [0.15, 0.2) is 82.2 Å². The van der Waals surface area contributed by atoms with Crippen LogP contribution in [0, 0.1) is 13.8 Å². The molecule has 0 spiro atoms. The number of anilines is 2. The molecule has 4 rings (SSSR count). The van der Waals surface area contributed by atoms with Crippen LogP contribution in [0.4, 0.5) is 11.4 Å². The number of nitrogens with one attached hydrogen (secondary N) is 1. The number of thioether (sulfide) groups is 1. The summed E-state index contributed by atoms with van der Waals surface area (Å²) in [7, 11) is 0. The number of esters is 1. The van der Waals surface area contributed by atoms with Crippen LogP contribution in [0.5, 0.6) is 0 Å². The molecule has 0 radical (unpaired) electrons. The van der Waals surface area contributed by atoms with E-state index in [0.717, 1.165) is 39.5 Å². The lowest BCUT2D eigenvalue weighted by molar-refractivity contribution is -0.120. The Hall–Kier alpha value is -3.55. The van der Waals surface area contributed by atoms with Gasteiger partial charge < -0.3 is 10.1 Å². The number of aryl methyl sites for hydroxylation is 2. The van der Waals surface area contributed by atoms with Gasteiger partial charge in [0.2, 0.25) is 0 Å². The highest BCUT2D eigenvalue weighted by Gasteiger charge is 2.40. The van der Waals surface area contributed by atoms with Gasteiger partial charge in [-0.25, -0.2) is 9.69 Å². The van der Waals surface area contributed by atoms with Gasteiger partial charge in [-0.2, -0.15) is 0 Å². The molecule has 0 saturated heterocycles. The molecule has 6 nitrogen and oxygen atoms in total. The molecule has 0 bridgehead atoms. The number of hydrogen-bond acceptors (Lipinski definition) is 6. The van der Waals surface area contributed by atoms with Crippen molar-refractivity contribution in [3.63, 3.8) is 0 Å². The highest BCUT2D eigenvalue weighted by molar-refractivity contribution is 8.04. The van der Waals surface area contributed by atoms with Crippen LogP contribution in [0.2, 0.25) is 5.02 Å². The van der Waals surface area contributed by atoms with Crippen LogP contribution in [-0.2, 0) is 14.3 Å². The number of benzene rings is 3. The van der Waals surface area contributed by atoms with Crippen molar-refractivity contribution in [3.05, 3.63) is 99.0 Å². The highest BCUT2D eigenvalue weighted by atomic mass is 35.5. The van der Waals surface area contributed by atoms with Gasteiger partial charge in [-0.3, -0.25) is 9.59 Å². The summed E-state index contributed by atoms with van der Waals surface area (Å²) in [5.74, 6) is -1.36. The summed E-state index contributed by atoms with van der Waals surface area (Å²) >= 11 is 7.22. The number of nitrogens with zero attached hydrogens (tertiary/aromatic N) is 1. The fourth-order valence-electron chi connectivity index (χ4n) is 3.90. The number of ether oxygens (including phenoxy) is 1. The van der Waals surface area contributed by atoms with E-state index in [1.807, 2.05) is 39.0 Å². The number of carbonyl (C=O) groups is 3. The monoisotopic (exact) mass is 534 g/mol. The van der Waals surface area contributed by atoms with Crippen LogP contribution in [-0.4, -0.2) is 24.4 Å². The Bertz CT molecular complexity index is 1350. The lowest BCUT2D eigenvalue weighted by atomic mass is 10.1. The second-order valence-corrected chi connectivity index (χ2v) is 10.3. The van der Waals surface area contributed by atoms with Crippen LogP contribution >= 0.6 is 23.4 Å². The van der Waals surface area contributed by atoms with Gasteiger partial charge in [0, 0.05) is 15.6 Å². The minimum atomic E-state index is -0.473. The number of imide groups is 1. The Labute approximate surface area is 225 Å². The predicted molar refractivity (Wildman–Crippen MR) is 148 cm³/mol. The van der Waals surface area contributed by atoms with Crippen molar-refractivity contribution >= 4 is 52.5 Å². The van der Waals surface area contributed by atoms with Gasteiger partial charge in [-0.05, 0) is 92.1 Å². The van der Waals surface area contributed by atoms with E-state index < -0.39 is 17.8 Å². The molecular weight excluding hydrogens is 508 g/mol. The number of amides is 2. The lowest BCUT2D eigenvalue weighted by Gasteiger charge is -2.16. The fourth-order valence-corrected chi connectivity index (χ4v) is 4.95. The Morgan fingerprint density at radius 2 is 1.59 bits per heavy atom. The summed E-state index contributed by atoms with van der Waals surface area (Å²) < 4.78 is 5.25. The Morgan fingerprint density at radius 3 is 2.22 bits per heavy atom. The van der Waals surface area contributed by atoms with Crippen molar-refractivity contribution in [2.45, 2.75) is 38.5 Å². The molecule has 0 saturated carbocycles. The van der Waals surface area contributed by atoms with Gasteiger partial charge in [0.1, 0.15) is 10.6 Å². The average molecular weight is 535 g/mol. The maximum absolute atomic E-state index is 13.6. The molecule has 3 aromatic carbocycles. The zero-order valence-corrected chi connectivity index (χ0v) is 22.4. The number of rotatable bonds is 9. The van der Waals surface area contributed by atoms with Gasteiger partial charge in [-0.1, -0.05) is 42.8 Å². The summed E-state index contributed by atoms with van der Waals surface area (Å²) in [4.78, 5) is 41.6. The maximum atomic E-state index is 13.6. The molecule has 0 atom stereocenters. The summed E-state index contributed by atoms with van der Waals surface area (Å²) in [6.07, 6.45) is 1.71. The second-order valence-electron chi connectivity index (χ2n) is 8.74. The van der Waals surface area contributed by atoms with Gasteiger partial charge in [0.05, 0.1) is 17.9 Å². The zero-order valence-electron chi connectivity index (χ0n) is 20.8. The molecule has 2 amide bonds. The quantitative estimate of drug-likeness (QED) is 0.183. The summed E-state index contributed by atoms with van der Waals surface area (Å²) in [6, 6.07) is 19.2. The first kappa shape index (κ1) is 26.5. The third-order valence-electron chi connectivity index (χ3n) is 5.66. The molecule has 0 unspecified atom stereocenters. The number of halogens is 1. The molecule has 190 valence electrons. The number of unbranched alkanes of at least 4 members (excludes halogenated alkanes) is 1. The molecular formula is C29H27ClN2O4S. The summed E-state index contributed by atoms with van der Waals surface area (Å²) in [5.41, 5.74) is 3.70. The molecule has 3 aromatic rings. The molecule has 37 heavy (non-hydrogen) atoms. The van der Waals surface area contributed by atoms with Crippen LogP contribution in [0.1, 0.15) is 41.3 Å². The SMILES string of the molecule is CCCCOC(=O)c1ccc(N2C(=O)C(Nc3cc(C)cc(C)c3)=C(Sc3ccc(Cl)cc3)C2=O)cc1. The minimum absolute atomic E-state index is 0.193. The lowest BCUT2D eigenvalue weighted by Crippen LogP contribution is -2.32. The van der Waals surface area contributed by atoms with E-state index >= 15 is 0 Å². The topological polar surface area (TPSA) is 75.7 Å². The molecule has 1 N–H and O–H groups in total. The second kappa shape index (κ2) is 11.7. The normalized spacial score (nSPS) is 13.4. The molecule has 0 aliphatic carbocycles. The molecule has 0 fully saturated rings. The third kappa shape index (κ3) is 6.24. The van der Waals surface area contributed by atoms with E-state index in [2.05, 4.69) is 5.32 Å². The predicted octanol–water partition coefficient (Wildman–Crippen LogP) is 6.90. The van der Waals surface area contributed by atoms with E-state index in [1.54, 1.807) is 48.5 Å². The van der Waals surface area contributed by atoms with E-state index in [4.69, 9.17) is 16.3 Å². The first-order valence-electron chi connectivity index (χ1n) is 12.0. The van der Waals surface area contributed by atoms with Crippen molar-refractivity contribution in [2.24, 2.45) is 0 Å². The first-order chi connectivity index (χ1) is 17.8. The van der Waals surface area contributed by atoms with E-state index in [-0.39, 0.29) is 10.6 Å². The Morgan fingerprint density at radius 1 is 0.946 bits per heavy atom. The van der Waals surface area contributed by atoms with E-state index in [0.29, 0.717) is 22.9 Å².